The maximum Gasteiger partial charge on any atom is 0.481 e. The van der Waals surface area contributed by atoms with Crippen LogP contribution in [0.3, 0.4) is 0 Å². The Morgan fingerprint density at radius 2 is 1.55 bits per heavy atom. The van der Waals surface area contributed by atoms with Gasteiger partial charge in [-0.1, -0.05) is 36.4 Å². The lowest BCUT2D eigenvalue weighted by Crippen LogP contribution is -3.00. The number of phosphoric ester groups is 2. The van der Waals surface area contributed by atoms with Crippen molar-refractivity contribution in [1.29, 1.82) is 0 Å². The van der Waals surface area contributed by atoms with Crippen molar-refractivity contribution in [1.82, 2.24) is 34.0 Å². The highest BCUT2D eigenvalue weighted by atomic mass is 35.5. The van der Waals surface area contributed by atoms with Crippen molar-refractivity contribution in [2.24, 2.45) is 5.73 Å². The summed E-state index contributed by atoms with van der Waals surface area (Å²) in [6.45, 7) is -1.79. The molecule has 2 aromatic heterocycles. The zero-order valence-electron chi connectivity index (χ0n) is 34.7. The number of halogens is 1. The van der Waals surface area contributed by atoms with Crippen molar-refractivity contribution in [3.05, 3.63) is 96.7 Å². The van der Waals surface area contributed by atoms with Gasteiger partial charge in [0.1, 0.15) is 73.8 Å². The highest BCUT2D eigenvalue weighted by Gasteiger charge is 2.48. The predicted octanol–water partition coefficient (Wildman–Crippen LogP) is -2.56. The van der Waals surface area contributed by atoms with Crippen LogP contribution in [0, 0.1) is 0 Å². The summed E-state index contributed by atoms with van der Waals surface area (Å²) in [5, 5.41) is 45.0. The smallest absolute Gasteiger partial charge is 0.481 e. The van der Waals surface area contributed by atoms with E-state index in [1.807, 2.05) is 44.4 Å². The molecule has 0 bridgehead atoms. The fourth-order valence-corrected chi connectivity index (χ4v) is 9.40. The molecule has 0 spiro atoms. The summed E-state index contributed by atoms with van der Waals surface area (Å²) in [7, 11) is -6.69. The molecule has 2 unspecified atom stereocenters. The van der Waals surface area contributed by atoms with Gasteiger partial charge in [-0.05, 0) is 23.9 Å². The molecule has 10 atom stereocenters. The van der Waals surface area contributed by atoms with E-state index in [9.17, 15) is 44.1 Å². The number of aromatic nitrogens is 5. The number of carbonyl (C=O) groups excluding carboxylic acids is 1. The van der Waals surface area contributed by atoms with Crippen molar-refractivity contribution >= 4 is 60.4 Å². The van der Waals surface area contributed by atoms with E-state index < -0.39 is 83.8 Å². The molecule has 4 aromatic rings. The molecule has 0 radical (unpaired) electrons. The maximum atomic E-state index is 12.4. The van der Waals surface area contributed by atoms with Crippen LogP contribution in [-0.4, -0.2) is 136 Å². The Balaban J connectivity index is 0.000000244. The van der Waals surface area contributed by atoms with Gasteiger partial charge in [-0.15, -0.1) is 0 Å². The number of benzene rings is 3. The number of imidazole rings is 1. The maximum absolute atomic E-state index is 12.4. The van der Waals surface area contributed by atoms with E-state index in [-0.39, 0.29) is 41.4 Å². The number of nitrogen functional groups attached to an aromatic ring is 1. The molecule has 5 aliphatic rings. The average molecular weight is 976 g/mol. The Morgan fingerprint density at radius 3 is 2.23 bits per heavy atom. The molecule has 2 aromatic carbocycles. The van der Waals surface area contributed by atoms with Gasteiger partial charge in [-0.3, -0.25) is 18.4 Å². The Morgan fingerprint density at radius 1 is 0.879 bits per heavy atom. The second-order valence-corrected chi connectivity index (χ2v) is 18.3. The number of ether oxygens (including phenoxy) is 2. The number of amides is 1. The van der Waals surface area contributed by atoms with Crippen molar-refractivity contribution in [3.8, 4) is 11.5 Å². The summed E-state index contributed by atoms with van der Waals surface area (Å²) in [5.74, 6) is 0.151. The minimum atomic E-state index is -5.37. The first-order chi connectivity index (χ1) is 30.9. The van der Waals surface area contributed by atoms with E-state index in [4.69, 9.17) is 39.4 Å². The lowest BCUT2D eigenvalue weighted by Gasteiger charge is -2.28. The Hall–Kier alpha value is -5.27. The van der Waals surface area contributed by atoms with Gasteiger partial charge >= 0.3 is 15.6 Å². The number of phosphoric acid groups is 2. The first kappa shape index (κ1) is 48.7. The molecule has 2 fully saturated rings. The SMILES string of the molecule is C[N+](C)=c1ccc2nc3c(ccc4ccccc43)oc-2c1.NC(=O)C1=CN([C@@H]2O[C@H](COP(=O)(O)OP(=O)(O)OC[C@H]3O[C@@H](n4cnc5c(N)ncnc54)[C@H](O)[C@@H]3O)[C@@H](O)[C@H]2O)C=CC1.[Cl-]. The molecule has 27 heteroatoms. The molecule has 66 heavy (non-hydrogen) atoms. The molecule has 352 valence electrons. The molecular formula is C39H44ClN9O15P2. The third-order valence-electron chi connectivity index (χ3n) is 10.7. The van der Waals surface area contributed by atoms with Gasteiger partial charge in [0.2, 0.25) is 11.3 Å². The van der Waals surface area contributed by atoms with E-state index >= 15 is 0 Å². The fraction of sp³-hybridized carbons (Fsp3) is 0.333. The lowest BCUT2D eigenvalue weighted by molar-refractivity contribution is -0.115. The highest BCUT2D eigenvalue weighted by Crippen LogP contribution is 2.60. The van der Waals surface area contributed by atoms with Gasteiger partial charge in [-0.25, -0.2) is 33.6 Å². The number of primary amides is 1. The largest absolute Gasteiger partial charge is 1.00 e. The molecule has 1 amide bonds. The monoisotopic (exact) mass is 975 g/mol. The van der Waals surface area contributed by atoms with Gasteiger partial charge in [-0.2, -0.15) is 4.31 Å². The summed E-state index contributed by atoms with van der Waals surface area (Å²) >= 11 is 0. The minimum absolute atomic E-state index is 0. The Bertz CT molecular complexity index is 2970. The van der Waals surface area contributed by atoms with Crippen LogP contribution in [0.2, 0.25) is 0 Å². The van der Waals surface area contributed by atoms with Crippen LogP contribution in [-0.2, 0) is 36.8 Å². The van der Waals surface area contributed by atoms with E-state index in [0.29, 0.717) is 0 Å². The number of rotatable bonds is 11. The summed E-state index contributed by atoms with van der Waals surface area (Å²) in [4.78, 5) is 49.4. The minimum Gasteiger partial charge on any atom is -1.00 e. The molecule has 0 saturated carbocycles. The number of hydrogen-bond donors (Lipinski definition) is 8. The van der Waals surface area contributed by atoms with Crippen molar-refractivity contribution < 1.29 is 83.8 Å². The number of allylic oxidation sites excluding steroid dienone is 1. The quantitative estimate of drug-likeness (QED) is 0.0286. The first-order valence-electron chi connectivity index (χ1n) is 19.7. The fourth-order valence-electron chi connectivity index (χ4n) is 7.31. The Labute approximate surface area is 379 Å². The highest BCUT2D eigenvalue weighted by molar-refractivity contribution is 7.61. The number of anilines is 1. The topological polar surface area (TPSA) is 347 Å². The van der Waals surface area contributed by atoms with Crippen molar-refractivity contribution in [3.63, 3.8) is 0 Å². The van der Waals surface area contributed by atoms with E-state index in [0.717, 1.165) is 39.6 Å². The van der Waals surface area contributed by atoms with Crippen LogP contribution in [0.15, 0.2) is 95.7 Å². The van der Waals surface area contributed by atoms with E-state index in [1.54, 1.807) is 6.08 Å². The summed E-state index contributed by atoms with van der Waals surface area (Å²) in [6.07, 6.45) is -4.88. The van der Waals surface area contributed by atoms with Gasteiger partial charge in [0.15, 0.2) is 35.3 Å². The van der Waals surface area contributed by atoms with Crippen LogP contribution in [0.5, 0.6) is 0 Å². The number of aliphatic hydroxyl groups excluding tert-OH is 4. The zero-order valence-corrected chi connectivity index (χ0v) is 37.3. The summed E-state index contributed by atoms with van der Waals surface area (Å²) in [6, 6.07) is 18.4. The molecule has 9 rings (SSSR count). The van der Waals surface area contributed by atoms with Crippen molar-refractivity contribution in [2.75, 3.05) is 33.0 Å². The van der Waals surface area contributed by atoms with Crippen LogP contribution >= 0.6 is 15.6 Å². The number of hydrogen-bond acceptors (Lipinski definition) is 19. The van der Waals surface area contributed by atoms with Gasteiger partial charge in [0, 0.05) is 29.4 Å². The van der Waals surface area contributed by atoms with Crippen LogP contribution in [0.4, 0.5) is 5.82 Å². The van der Waals surface area contributed by atoms with E-state index in [1.165, 1.54) is 33.6 Å². The summed E-state index contributed by atoms with van der Waals surface area (Å²) < 4.78 is 58.9. The van der Waals surface area contributed by atoms with Crippen LogP contribution < -0.4 is 33.8 Å². The predicted molar refractivity (Wildman–Crippen MR) is 227 cm³/mol. The molecule has 24 nitrogen and oxygen atoms in total. The second kappa shape index (κ2) is 19.5. The van der Waals surface area contributed by atoms with Gasteiger partial charge in [0.05, 0.1) is 25.6 Å². The number of nitrogens with two attached hydrogens (primary N) is 2. The molecule has 2 saturated heterocycles. The summed E-state index contributed by atoms with van der Waals surface area (Å²) in [5.41, 5.74) is 14.2. The molecule has 6 heterocycles. The molecular weight excluding hydrogens is 932 g/mol. The number of aliphatic hydroxyl groups is 4. The average Bonchev–Trinajstić information content (AvgIpc) is 3.93. The van der Waals surface area contributed by atoms with E-state index in [2.05, 4.69) is 48.1 Å². The molecule has 4 aliphatic heterocycles. The number of nitrogens with zero attached hydrogens (tertiary/aromatic N) is 7. The molecule has 1 aliphatic carbocycles. The van der Waals surface area contributed by atoms with Crippen LogP contribution in [0.1, 0.15) is 12.6 Å². The molecule has 10 N–H and O–H groups in total. The number of fused-ring (bicyclic) bond motifs is 5. The van der Waals surface area contributed by atoms with Gasteiger partial charge < -0.3 is 72.9 Å². The standard InChI is InChI=1S/C21H29N7O14P2.C18H15N2O.ClH/c22-17-12-19(25-7-24-17)28(8-26-12)21-16(32)14(30)11(41-21)6-39-44(36,37)42-43(34,35)38-5-10-13(29)15(31)20(40-10)27-3-1-2-9(4-27)18(23)33;1-20(2)13-8-9-15-17(11-13)21-16-10-7-12-5-3-4-6-14(12)18(16)19-15;/h1,3-4,7-8,10-11,13-16,20-21,29-32H,2,5-6H2,(H2,23,33)(H,34,35)(H,36,37)(H2,22,24,25);3-11H,1-2H3;1H/q;+1;/p-1/t10-,11-,13-,14-,15-,16-,20-,21-;;/m1../s1. The number of carbonyl (C=O) groups is 1. The van der Waals surface area contributed by atoms with Crippen molar-refractivity contribution in [2.45, 2.75) is 55.5 Å². The third-order valence-corrected chi connectivity index (χ3v) is 13.3. The third kappa shape index (κ3) is 10.2. The van der Waals surface area contributed by atoms with Gasteiger partial charge in [0.25, 0.3) is 0 Å². The lowest BCUT2D eigenvalue weighted by atomic mass is 10.1. The first-order valence-corrected chi connectivity index (χ1v) is 22.7. The second-order valence-electron chi connectivity index (χ2n) is 15.2. The Kier molecular flexibility index (Phi) is 14.4. The normalized spacial score (nSPS) is 25.8. The van der Waals surface area contributed by atoms with Crippen LogP contribution in [0.25, 0.3) is 44.5 Å². The zero-order chi connectivity index (χ0) is 46.4.